The number of hydrogen-bond acceptors (Lipinski definition) is 3. The third-order valence-electron chi connectivity index (χ3n) is 2.74. The second-order valence-electron chi connectivity index (χ2n) is 5.01. The Labute approximate surface area is 119 Å². The van der Waals surface area contributed by atoms with E-state index in [9.17, 15) is 9.59 Å². The fourth-order valence-electron chi connectivity index (χ4n) is 1.69. The number of esters is 1. The van der Waals surface area contributed by atoms with Gasteiger partial charge in [0.1, 0.15) is 6.04 Å². The molecule has 0 aliphatic heterocycles. The summed E-state index contributed by atoms with van der Waals surface area (Å²) < 4.78 is 4.73. The Balaban J connectivity index is 2.61. The highest BCUT2D eigenvalue weighted by Crippen LogP contribution is 2.04. The molecule has 5 nitrogen and oxygen atoms in total. The van der Waals surface area contributed by atoms with Crippen LogP contribution in [0.25, 0.3) is 0 Å². The largest absolute Gasteiger partial charge is 0.467 e. The van der Waals surface area contributed by atoms with Crippen molar-refractivity contribution in [1.82, 2.24) is 10.6 Å². The molecular weight excluding hydrogens is 256 g/mol. The fourth-order valence-corrected chi connectivity index (χ4v) is 1.69. The lowest BCUT2D eigenvalue weighted by molar-refractivity contribution is -0.142. The van der Waals surface area contributed by atoms with Crippen molar-refractivity contribution in [3.8, 4) is 0 Å². The second kappa shape index (κ2) is 8.19. The third-order valence-corrected chi connectivity index (χ3v) is 2.74. The molecule has 0 aliphatic carbocycles. The van der Waals surface area contributed by atoms with Crippen molar-refractivity contribution >= 4 is 12.0 Å². The summed E-state index contributed by atoms with van der Waals surface area (Å²) >= 11 is 0. The lowest BCUT2D eigenvalue weighted by atomic mass is 10.1. The van der Waals surface area contributed by atoms with Gasteiger partial charge in [-0.05, 0) is 11.5 Å². The molecule has 0 bridgehead atoms. The van der Waals surface area contributed by atoms with Crippen molar-refractivity contribution in [3.63, 3.8) is 0 Å². The predicted octanol–water partition coefficient (Wildman–Crippen LogP) is 1.73. The molecular formula is C15H22N2O3. The van der Waals surface area contributed by atoms with Crippen molar-refractivity contribution in [2.45, 2.75) is 26.3 Å². The van der Waals surface area contributed by atoms with E-state index < -0.39 is 12.0 Å². The molecule has 0 heterocycles. The van der Waals surface area contributed by atoms with Gasteiger partial charge in [-0.3, -0.25) is 0 Å². The zero-order valence-electron chi connectivity index (χ0n) is 12.2. The number of rotatable bonds is 6. The maximum Gasteiger partial charge on any atom is 0.328 e. The van der Waals surface area contributed by atoms with Gasteiger partial charge >= 0.3 is 12.0 Å². The van der Waals surface area contributed by atoms with E-state index >= 15 is 0 Å². The summed E-state index contributed by atoms with van der Waals surface area (Å²) in [5.74, 6) is -0.0972. The Kier molecular flexibility index (Phi) is 6.56. The summed E-state index contributed by atoms with van der Waals surface area (Å²) in [4.78, 5) is 23.5. The van der Waals surface area contributed by atoms with E-state index in [1.54, 1.807) is 0 Å². The van der Waals surface area contributed by atoms with Crippen LogP contribution < -0.4 is 10.6 Å². The predicted molar refractivity (Wildman–Crippen MR) is 77.3 cm³/mol. The third kappa shape index (κ3) is 5.73. The lowest BCUT2D eigenvalue weighted by Gasteiger charge is -2.17. The monoisotopic (exact) mass is 278 g/mol. The number of benzene rings is 1. The Morgan fingerprint density at radius 3 is 2.40 bits per heavy atom. The zero-order chi connectivity index (χ0) is 15.0. The quantitative estimate of drug-likeness (QED) is 0.779. The van der Waals surface area contributed by atoms with Crippen molar-refractivity contribution in [2.24, 2.45) is 5.92 Å². The summed E-state index contributed by atoms with van der Waals surface area (Å²) in [5.41, 5.74) is 0.965. The normalized spacial score (nSPS) is 11.8. The van der Waals surface area contributed by atoms with Gasteiger partial charge in [0.05, 0.1) is 7.11 Å². The van der Waals surface area contributed by atoms with Crippen molar-refractivity contribution in [2.75, 3.05) is 13.7 Å². The van der Waals surface area contributed by atoms with Crippen LogP contribution in [0.15, 0.2) is 30.3 Å². The molecule has 1 atom stereocenters. The van der Waals surface area contributed by atoms with Crippen LogP contribution in [0.1, 0.15) is 19.4 Å². The standard InChI is InChI=1S/C15H22N2O3/c1-11(2)10-16-15(19)17-13(14(18)20-3)9-12-7-5-4-6-8-12/h4-8,11,13H,9-10H2,1-3H3,(H2,16,17,19)/t13-/m0/s1. The van der Waals surface area contributed by atoms with Gasteiger partial charge in [0.25, 0.3) is 0 Å². The Bertz CT molecular complexity index is 432. The molecule has 2 amide bonds. The molecule has 0 spiro atoms. The second-order valence-corrected chi connectivity index (χ2v) is 5.01. The van der Waals surface area contributed by atoms with E-state index in [1.165, 1.54) is 7.11 Å². The van der Waals surface area contributed by atoms with E-state index in [2.05, 4.69) is 10.6 Å². The number of hydrogen-bond donors (Lipinski definition) is 2. The van der Waals surface area contributed by atoms with Gasteiger partial charge in [0.15, 0.2) is 0 Å². The molecule has 110 valence electrons. The summed E-state index contributed by atoms with van der Waals surface area (Å²) in [6.45, 7) is 4.56. The molecule has 5 heteroatoms. The molecule has 1 aromatic carbocycles. The van der Waals surface area contributed by atoms with Crippen molar-refractivity contribution in [1.29, 1.82) is 0 Å². The molecule has 0 fully saturated rings. The van der Waals surface area contributed by atoms with Crippen LogP contribution in [0.3, 0.4) is 0 Å². The Morgan fingerprint density at radius 2 is 1.85 bits per heavy atom. The molecule has 1 aromatic rings. The molecule has 0 unspecified atom stereocenters. The number of nitrogens with one attached hydrogen (secondary N) is 2. The van der Waals surface area contributed by atoms with Gasteiger partial charge in [-0.2, -0.15) is 0 Å². The molecule has 0 aromatic heterocycles. The summed E-state index contributed by atoms with van der Waals surface area (Å²) in [7, 11) is 1.31. The number of carbonyl (C=O) groups is 2. The van der Waals surface area contributed by atoms with Gasteiger partial charge in [-0.25, -0.2) is 9.59 Å². The first-order valence-corrected chi connectivity index (χ1v) is 6.69. The van der Waals surface area contributed by atoms with E-state index in [0.717, 1.165) is 5.56 Å². The van der Waals surface area contributed by atoms with Gasteiger partial charge in [-0.1, -0.05) is 44.2 Å². The van der Waals surface area contributed by atoms with E-state index in [1.807, 2.05) is 44.2 Å². The molecule has 0 aliphatic rings. The number of amides is 2. The number of ether oxygens (including phenoxy) is 1. The number of methoxy groups -OCH3 is 1. The van der Waals surface area contributed by atoms with Crippen LogP contribution in [0.5, 0.6) is 0 Å². The van der Waals surface area contributed by atoms with Gasteiger partial charge in [0, 0.05) is 13.0 Å². The van der Waals surface area contributed by atoms with E-state index in [0.29, 0.717) is 18.9 Å². The Morgan fingerprint density at radius 1 is 1.20 bits per heavy atom. The highest BCUT2D eigenvalue weighted by Gasteiger charge is 2.21. The van der Waals surface area contributed by atoms with Gasteiger partial charge in [0.2, 0.25) is 0 Å². The molecule has 20 heavy (non-hydrogen) atoms. The minimum atomic E-state index is -0.686. The van der Waals surface area contributed by atoms with Crippen LogP contribution in [0.2, 0.25) is 0 Å². The van der Waals surface area contributed by atoms with Crippen LogP contribution in [-0.2, 0) is 16.0 Å². The first-order chi connectivity index (χ1) is 9.52. The summed E-state index contributed by atoms with van der Waals surface area (Å²) in [6.07, 6.45) is 0.405. The maximum absolute atomic E-state index is 11.7. The Hall–Kier alpha value is -2.04. The topological polar surface area (TPSA) is 67.4 Å². The first-order valence-electron chi connectivity index (χ1n) is 6.69. The van der Waals surface area contributed by atoms with Crippen LogP contribution in [0.4, 0.5) is 4.79 Å². The first kappa shape index (κ1) is 16.0. The maximum atomic E-state index is 11.7. The average Bonchev–Trinajstić information content (AvgIpc) is 2.44. The molecule has 0 radical (unpaired) electrons. The van der Waals surface area contributed by atoms with Crippen LogP contribution >= 0.6 is 0 Å². The molecule has 1 rings (SSSR count). The zero-order valence-corrected chi connectivity index (χ0v) is 12.2. The highest BCUT2D eigenvalue weighted by atomic mass is 16.5. The molecule has 0 saturated heterocycles. The van der Waals surface area contributed by atoms with Crippen LogP contribution in [0, 0.1) is 5.92 Å². The van der Waals surface area contributed by atoms with E-state index in [-0.39, 0.29) is 6.03 Å². The fraction of sp³-hybridized carbons (Fsp3) is 0.467. The molecule has 0 saturated carbocycles. The smallest absolute Gasteiger partial charge is 0.328 e. The van der Waals surface area contributed by atoms with E-state index in [4.69, 9.17) is 4.74 Å². The molecule has 2 N–H and O–H groups in total. The van der Waals surface area contributed by atoms with Gasteiger partial charge in [-0.15, -0.1) is 0 Å². The van der Waals surface area contributed by atoms with Crippen molar-refractivity contribution in [3.05, 3.63) is 35.9 Å². The number of urea groups is 1. The average molecular weight is 278 g/mol. The van der Waals surface area contributed by atoms with Crippen molar-refractivity contribution < 1.29 is 14.3 Å². The minimum absolute atomic E-state index is 0.353. The SMILES string of the molecule is COC(=O)[C@H](Cc1ccccc1)NC(=O)NCC(C)C. The summed E-state index contributed by atoms with van der Waals surface area (Å²) in [6, 6.07) is 8.46. The van der Waals surface area contributed by atoms with Gasteiger partial charge < -0.3 is 15.4 Å². The lowest BCUT2D eigenvalue weighted by Crippen LogP contribution is -2.48. The minimum Gasteiger partial charge on any atom is -0.467 e. The number of carbonyl (C=O) groups excluding carboxylic acids is 2. The highest BCUT2D eigenvalue weighted by molar-refractivity contribution is 5.83. The summed E-state index contributed by atoms with van der Waals surface area (Å²) in [5, 5.41) is 5.37. The van der Waals surface area contributed by atoms with Crippen LogP contribution in [-0.4, -0.2) is 31.7 Å².